The maximum atomic E-state index is 13.3. The summed E-state index contributed by atoms with van der Waals surface area (Å²) < 4.78 is 77.9. The highest BCUT2D eigenvalue weighted by atomic mass is 32.1. The molecule has 1 N–H and O–H groups in total. The molecule has 1 unspecified atom stereocenters. The molecule has 0 saturated carbocycles. The number of carbonyl (C=O) groups is 1. The van der Waals surface area contributed by atoms with Crippen molar-refractivity contribution in [3.63, 3.8) is 0 Å². The summed E-state index contributed by atoms with van der Waals surface area (Å²) in [4.78, 5) is 16.3. The van der Waals surface area contributed by atoms with Crippen LogP contribution in [-0.2, 0) is 17.4 Å². The molecule has 0 radical (unpaired) electrons. The molecule has 30 heavy (non-hydrogen) atoms. The standard InChI is InChI=1S/C20H14F6N2OS/c21-19(22,23)14-8-6-13(7-9-14)18-27-15(11-30-18)10-16(29)28-17(20(24,25)26)12-4-2-1-3-5-12/h1-9,11,17H,10H2,(H,28,29). The zero-order chi connectivity index (χ0) is 21.9. The lowest BCUT2D eigenvalue weighted by atomic mass is 10.1. The van der Waals surface area contributed by atoms with Crippen molar-refractivity contribution in [3.8, 4) is 10.6 Å². The minimum Gasteiger partial charge on any atom is -0.340 e. The second-order valence-corrected chi connectivity index (χ2v) is 7.21. The third kappa shape index (κ3) is 5.38. The maximum absolute atomic E-state index is 13.3. The van der Waals surface area contributed by atoms with Gasteiger partial charge in [-0.2, -0.15) is 26.3 Å². The third-order valence-corrected chi connectivity index (χ3v) is 5.06. The van der Waals surface area contributed by atoms with Crippen LogP contribution in [0.15, 0.2) is 60.0 Å². The van der Waals surface area contributed by atoms with Crippen molar-refractivity contribution in [3.05, 3.63) is 76.8 Å². The number of amides is 1. The van der Waals surface area contributed by atoms with Crippen LogP contribution in [0.4, 0.5) is 26.3 Å². The normalized spacial score (nSPS) is 13.1. The minimum atomic E-state index is -4.68. The Kier molecular flexibility index (Phi) is 6.16. The maximum Gasteiger partial charge on any atom is 0.416 e. The molecule has 0 aliphatic rings. The highest BCUT2D eigenvalue weighted by Crippen LogP contribution is 2.33. The number of carbonyl (C=O) groups excluding carboxylic acids is 1. The van der Waals surface area contributed by atoms with Gasteiger partial charge in [0.1, 0.15) is 5.01 Å². The number of rotatable bonds is 5. The molecule has 10 heteroatoms. The molecule has 0 aliphatic carbocycles. The molecule has 0 aliphatic heterocycles. The van der Waals surface area contributed by atoms with Crippen molar-refractivity contribution in [1.82, 2.24) is 10.3 Å². The van der Waals surface area contributed by atoms with Gasteiger partial charge in [0.05, 0.1) is 17.7 Å². The first-order valence-corrected chi connectivity index (χ1v) is 9.45. The molecule has 0 fully saturated rings. The number of thiazole rings is 1. The molecular weight excluding hydrogens is 430 g/mol. The van der Waals surface area contributed by atoms with Crippen LogP contribution >= 0.6 is 11.3 Å². The van der Waals surface area contributed by atoms with Gasteiger partial charge >= 0.3 is 12.4 Å². The Morgan fingerprint density at radius 1 is 0.967 bits per heavy atom. The number of halogens is 6. The first-order valence-electron chi connectivity index (χ1n) is 8.57. The van der Waals surface area contributed by atoms with Crippen LogP contribution in [0.5, 0.6) is 0 Å². The molecule has 1 aromatic heterocycles. The van der Waals surface area contributed by atoms with Gasteiger partial charge in [0.15, 0.2) is 6.04 Å². The second kappa shape index (κ2) is 8.47. The predicted octanol–water partition coefficient (Wildman–Crippen LogP) is 5.79. The monoisotopic (exact) mass is 444 g/mol. The van der Waals surface area contributed by atoms with E-state index in [1.54, 1.807) is 6.07 Å². The second-order valence-electron chi connectivity index (χ2n) is 6.35. The Morgan fingerprint density at radius 3 is 2.17 bits per heavy atom. The molecule has 1 heterocycles. The zero-order valence-electron chi connectivity index (χ0n) is 15.1. The number of benzene rings is 2. The van der Waals surface area contributed by atoms with Crippen LogP contribution in [-0.4, -0.2) is 17.1 Å². The highest BCUT2D eigenvalue weighted by Gasteiger charge is 2.41. The van der Waals surface area contributed by atoms with E-state index < -0.39 is 36.3 Å². The number of hydrogen-bond donors (Lipinski definition) is 1. The Morgan fingerprint density at radius 2 is 1.60 bits per heavy atom. The van der Waals surface area contributed by atoms with Crippen LogP contribution in [0.25, 0.3) is 10.6 Å². The van der Waals surface area contributed by atoms with E-state index in [0.717, 1.165) is 23.5 Å². The summed E-state index contributed by atoms with van der Waals surface area (Å²) in [5.74, 6) is -0.870. The number of nitrogens with one attached hydrogen (secondary N) is 1. The highest BCUT2D eigenvalue weighted by molar-refractivity contribution is 7.13. The van der Waals surface area contributed by atoms with E-state index in [9.17, 15) is 31.1 Å². The Balaban J connectivity index is 1.70. The molecule has 1 amide bonds. The summed E-state index contributed by atoms with van der Waals surface area (Å²) in [6.07, 6.45) is -9.53. The number of nitrogens with zero attached hydrogens (tertiary/aromatic N) is 1. The fourth-order valence-electron chi connectivity index (χ4n) is 2.70. The molecule has 3 nitrogen and oxygen atoms in total. The van der Waals surface area contributed by atoms with E-state index in [4.69, 9.17) is 0 Å². The summed E-state index contributed by atoms with van der Waals surface area (Å²) in [6, 6.07) is 9.16. The van der Waals surface area contributed by atoms with Crippen molar-refractivity contribution in [1.29, 1.82) is 0 Å². The van der Waals surface area contributed by atoms with Gasteiger partial charge in [0, 0.05) is 10.9 Å². The van der Waals surface area contributed by atoms with Crippen molar-refractivity contribution < 1.29 is 31.1 Å². The van der Waals surface area contributed by atoms with Gasteiger partial charge in [-0.25, -0.2) is 4.98 Å². The van der Waals surface area contributed by atoms with Gasteiger partial charge in [0.2, 0.25) is 5.91 Å². The predicted molar refractivity (Wildman–Crippen MR) is 99.6 cm³/mol. The van der Waals surface area contributed by atoms with Crippen molar-refractivity contribution in [2.45, 2.75) is 24.8 Å². The largest absolute Gasteiger partial charge is 0.416 e. The molecule has 2 aromatic carbocycles. The first-order chi connectivity index (χ1) is 14.0. The lowest BCUT2D eigenvalue weighted by Gasteiger charge is -2.21. The van der Waals surface area contributed by atoms with Crippen molar-refractivity contribution in [2.75, 3.05) is 0 Å². The fourth-order valence-corrected chi connectivity index (χ4v) is 3.52. The summed E-state index contributed by atoms with van der Waals surface area (Å²) in [5.41, 5.74) is -0.262. The SMILES string of the molecule is O=C(Cc1csc(-c2ccc(C(F)(F)F)cc2)n1)NC(c1ccccc1)C(F)(F)F. The van der Waals surface area contributed by atoms with Gasteiger partial charge in [-0.3, -0.25) is 4.79 Å². The molecule has 0 spiro atoms. The summed E-state index contributed by atoms with van der Waals surface area (Å²) in [7, 11) is 0. The number of hydrogen-bond acceptors (Lipinski definition) is 3. The first kappa shape index (κ1) is 21.8. The average Bonchev–Trinajstić information content (AvgIpc) is 3.14. The average molecular weight is 444 g/mol. The van der Waals surface area contributed by atoms with E-state index in [1.165, 1.54) is 41.8 Å². The summed E-state index contributed by atoms with van der Waals surface area (Å²) in [5, 5.41) is 3.82. The Hall–Kier alpha value is -2.88. The molecular formula is C20H14F6N2OS. The van der Waals surface area contributed by atoms with Crippen LogP contribution in [0.3, 0.4) is 0 Å². The molecule has 0 bridgehead atoms. The lowest BCUT2D eigenvalue weighted by molar-refractivity contribution is -0.163. The minimum absolute atomic E-state index is 0.0953. The van der Waals surface area contributed by atoms with Gasteiger partial charge in [-0.05, 0) is 17.7 Å². The van der Waals surface area contributed by atoms with E-state index >= 15 is 0 Å². The fraction of sp³-hybridized carbons (Fsp3) is 0.200. The van der Waals surface area contributed by atoms with Crippen molar-refractivity contribution >= 4 is 17.2 Å². The zero-order valence-corrected chi connectivity index (χ0v) is 15.9. The van der Waals surface area contributed by atoms with E-state index in [0.29, 0.717) is 10.6 Å². The summed E-state index contributed by atoms with van der Waals surface area (Å²) >= 11 is 1.08. The molecule has 3 rings (SSSR count). The van der Waals surface area contributed by atoms with E-state index in [2.05, 4.69) is 4.98 Å². The Labute approximate surface area is 171 Å². The van der Waals surface area contributed by atoms with E-state index in [-0.39, 0.29) is 11.3 Å². The van der Waals surface area contributed by atoms with Crippen LogP contribution in [0.2, 0.25) is 0 Å². The molecule has 1 atom stereocenters. The van der Waals surface area contributed by atoms with Gasteiger partial charge in [-0.1, -0.05) is 42.5 Å². The topological polar surface area (TPSA) is 42.0 Å². The molecule has 3 aromatic rings. The van der Waals surface area contributed by atoms with Crippen LogP contribution in [0.1, 0.15) is 22.9 Å². The quantitative estimate of drug-likeness (QED) is 0.506. The molecule has 0 saturated heterocycles. The third-order valence-electron chi connectivity index (χ3n) is 4.12. The smallest absolute Gasteiger partial charge is 0.340 e. The van der Waals surface area contributed by atoms with Gasteiger partial charge in [-0.15, -0.1) is 11.3 Å². The van der Waals surface area contributed by atoms with Crippen LogP contribution < -0.4 is 5.32 Å². The number of alkyl halides is 6. The van der Waals surface area contributed by atoms with Gasteiger partial charge < -0.3 is 5.32 Å². The van der Waals surface area contributed by atoms with Crippen molar-refractivity contribution in [2.24, 2.45) is 0 Å². The lowest BCUT2D eigenvalue weighted by Crippen LogP contribution is -2.38. The number of aromatic nitrogens is 1. The summed E-state index contributed by atoms with van der Waals surface area (Å²) in [6.45, 7) is 0. The van der Waals surface area contributed by atoms with E-state index in [1.807, 2.05) is 5.32 Å². The van der Waals surface area contributed by atoms with Crippen LogP contribution in [0, 0.1) is 0 Å². The molecule has 158 valence electrons. The van der Waals surface area contributed by atoms with Gasteiger partial charge in [0.25, 0.3) is 0 Å². The Bertz CT molecular complexity index is 997.